The monoisotopic (exact) mass is 212 g/mol. The van der Waals surface area contributed by atoms with Crippen LogP contribution in [0.5, 0.6) is 0 Å². The highest BCUT2D eigenvalue weighted by molar-refractivity contribution is 4.93. The fourth-order valence-corrected chi connectivity index (χ4v) is 1.09. The van der Waals surface area contributed by atoms with Crippen LogP contribution in [0.3, 0.4) is 0 Å². The van der Waals surface area contributed by atoms with E-state index in [0.29, 0.717) is 13.1 Å². The van der Waals surface area contributed by atoms with Crippen molar-refractivity contribution in [3.8, 4) is 0 Å². The SMILES string of the molecule is CCC(C)(C)NCc1cn(CCO)nn1. The zero-order valence-corrected chi connectivity index (χ0v) is 9.69. The molecule has 0 aliphatic rings. The van der Waals surface area contributed by atoms with Crippen LogP contribution in [0, 0.1) is 0 Å². The summed E-state index contributed by atoms with van der Waals surface area (Å²) in [5.41, 5.74) is 1.03. The number of hydrogen-bond donors (Lipinski definition) is 2. The fraction of sp³-hybridized carbons (Fsp3) is 0.800. The molecule has 86 valence electrons. The van der Waals surface area contributed by atoms with E-state index >= 15 is 0 Å². The van der Waals surface area contributed by atoms with Crippen molar-refractivity contribution in [2.75, 3.05) is 6.61 Å². The molecule has 15 heavy (non-hydrogen) atoms. The Balaban J connectivity index is 2.44. The van der Waals surface area contributed by atoms with Gasteiger partial charge in [0.2, 0.25) is 0 Å². The third-order valence-corrected chi connectivity index (χ3v) is 2.55. The number of rotatable bonds is 6. The minimum absolute atomic E-state index is 0.0939. The molecule has 1 aromatic rings. The molecule has 0 radical (unpaired) electrons. The lowest BCUT2D eigenvalue weighted by atomic mass is 10.0. The van der Waals surface area contributed by atoms with Crippen molar-refractivity contribution in [1.29, 1.82) is 0 Å². The summed E-state index contributed by atoms with van der Waals surface area (Å²) in [6.45, 7) is 7.78. The maximum Gasteiger partial charge on any atom is 0.0965 e. The Bertz CT molecular complexity index is 295. The van der Waals surface area contributed by atoms with Gasteiger partial charge in [0, 0.05) is 18.3 Å². The quantitative estimate of drug-likeness (QED) is 0.723. The fourth-order valence-electron chi connectivity index (χ4n) is 1.09. The molecule has 1 heterocycles. The lowest BCUT2D eigenvalue weighted by molar-refractivity contribution is 0.268. The lowest BCUT2D eigenvalue weighted by Gasteiger charge is -2.23. The van der Waals surface area contributed by atoms with Gasteiger partial charge in [0.05, 0.1) is 18.8 Å². The van der Waals surface area contributed by atoms with E-state index in [1.807, 2.05) is 6.20 Å². The average Bonchev–Trinajstić information content (AvgIpc) is 2.64. The molecule has 0 saturated carbocycles. The second-order valence-corrected chi connectivity index (χ2v) is 4.29. The molecule has 5 nitrogen and oxygen atoms in total. The standard InChI is InChI=1S/C10H20N4O/c1-4-10(2,3)11-7-9-8-14(5-6-15)13-12-9/h8,11,15H,4-7H2,1-3H3. The first-order valence-corrected chi connectivity index (χ1v) is 5.32. The van der Waals surface area contributed by atoms with Crippen LogP contribution in [-0.2, 0) is 13.1 Å². The van der Waals surface area contributed by atoms with E-state index in [4.69, 9.17) is 5.11 Å². The van der Waals surface area contributed by atoms with Crippen molar-refractivity contribution in [1.82, 2.24) is 20.3 Å². The normalized spacial score (nSPS) is 12.0. The Kier molecular flexibility index (Phi) is 4.23. The number of hydrogen-bond acceptors (Lipinski definition) is 4. The van der Waals surface area contributed by atoms with Gasteiger partial charge in [-0.05, 0) is 20.3 Å². The van der Waals surface area contributed by atoms with E-state index in [2.05, 4.69) is 36.4 Å². The first kappa shape index (κ1) is 12.1. The highest BCUT2D eigenvalue weighted by Gasteiger charge is 2.14. The van der Waals surface area contributed by atoms with E-state index in [1.54, 1.807) is 4.68 Å². The molecule has 0 amide bonds. The van der Waals surface area contributed by atoms with Crippen molar-refractivity contribution in [3.63, 3.8) is 0 Å². The van der Waals surface area contributed by atoms with Crippen LogP contribution in [-0.4, -0.2) is 32.2 Å². The van der Waals surface area contributed by atoms with Crippen LogP contribution >= 0.6 is 0 Å². The minimum atomic E-state index is 0.0939. The Morgan fingerprint density at radius 2 is 2.27 bits per heavy atom. The molecule has 1 aromatic heterocycles. The Morgan fingerprint density at radius 3 is 2.87 bits per heavy atom. The molecular weight excluding hydrogens is 192 g/mol. The van der Waals surface area contributed by atoms with Crippen molar-refractivity contribution in [2.24, 2.45) is 0 Å². The molecule has 1 rings (SSSR count). The summed E-state index contributed by atoms with van der Waals surface area (Å²) in [6.07, 6.45) is 2.92. The number of nitrogens with one attached hydrogen (secondary N) is 1. The van der Waals surface area contributed by atoms with E-state index in [-0.39, 0.29) is 12.1 Å². The van der Waals surface area contributed by atoms with Crippen LogP contribution in [0.25, 0.3) is 0 Å². The van der Waals surface area contributed by atoms with Gasteiger partial charge in [-0.3, -0.25) is 0 Å². The summed E-state index contributed by atoms with van der Waals surface area (Å²) in [6, 6.07) is 0. The zero-order chi connectivity index (χ0) is 11.3. The van der Waals surface area contributed by atoms with Crippen LogP contribution < -0.4 is 5.32 Å². The van der Waals surface area contributed by atoms with Crippen LogP contribution in [0.15, 0.2) is 6.20 Å². The molecule has 5 heteroatoms. The summed E-state index contributed by atoms with van der Waals surface area (Å²) in [4.78, 5) is 0. The van der Waals surface area contributed by atoms with Gasteiger partial charge in [-0.25, -0.2) is 4.68 Å². The van der Waals surface area contributed by atoms with Gasteiger partial charge < -0.3 is 10.4 Å². The molecule has 0 spiro atoms. The second-order valence-electron chi connectivity index (χ2n) is 4.29. The van der Waals surface area contributed by atoms with Gasteiger partial charge >= 0.3 is 0 Å². The zero-order valence-electron chi connectivity index (χ0n) is 9.69. The van der Waals surface area contributed by atoms with E-state index < -0.39 is 0 Å². The third kappa shape index (κ3) is 3.97. The number of aliphatic hydroxyl groups is 1. The molecule has 0 fully saturated rings. The smallest absolute Gasteiger partial charge is 0.0965 e. The maximum absolute atomic E-state index is 8.72. The van der Waals surface area contributed by atoms with E-state index in [9.17, 15) is 0 Å². The first-order chi connectivity index (χ1) is 7.07. The largest absolute Gasteiger partial charge is 0.394 e. The third-order valence-electron chi connectivity index (χ3n) is 2.55. The molecule has 0 saturated heterocycles. The van der Waals surface area contributed by atoms with Crippen LogP contribution in [0.4, 0.5) is 0 Å². The Labute approximate surface area is 90.5 Å². The Morgan fingerprint density at radius 1 is 1.53 bits per heavy atom. The average molecular weight is 212 g/mol. The summed E-state index contributed by atoms with van der Waals surface area (Å²) >= 11 is 0. The van der Waals surface area contributed by atoms with Gasteiger partial charge in [0.15, 0.2) is 0 Å². The molecule has 2 N–H and O–H groups in total. The summed E-state index contributed by atoms with van der Waals surface area (Å²) < 4.78 is 1.65. The molecule has 0 atom stereocenters. The van der Waals surface area contributed by atoms with Crippen LogP contribution in [0.2, 0.25) is 0 Å². The van der Waals surface area contributed by atoms with Crippen molar-refractivity contribution < 1.29 is 5.11 Å². The summed E-state index contributed by atoms with van der Waals surface area (Å²) in [5.74, 6) is 0. The van der Waals surface area contributed by atoms with Crippen LogP contribution in [0.1, 0.15) is 32.9 Å². The number of nitrogens with zero attached hydrogens (tertiary/aromatic N) is 3. The van der Waals surface area contributed by atoms with Crippen molar-refractivity contribution in [3.05, 3.63) is 11.9 Å². The van der Waals surface area contributed by atoms with Crippen molar-refractivity contribution >= 4 is 0 Å². The first-order valence-electron chi connectivity index (χ1n) is 5.32. The second kappa shape index (κ2) is 5.23. The number of aromatic nitrogens is 3. The highest BCUT2D eigenvalue weighted by atomic mass is 16.3. The van der Waals surface area contributed by atoms with Crippen molar-refractivity contribution in [2.45, 2.75) is 45.8 Å². The van der Waals surface area contributed by atoms with Gasteiger partial charge in [-0.2, -0.15) is 0 Å². The molecule has 0 aromatic carbocycles. The lowest BCUT2D eigenvalue weighted by Crippen LogP contribution is -2.37. The van der Waals surface area contributed by atoms with Gasteiger partial charge in [0.25, 0.3) is 0 Å². The summed E-state index contributed by atoms with van der Waals surface area (Å²) in [5, 5.41) is 20.0. The molecule has 0 aliphatic carbocycles. The number of aliphatic hydroxyl groups excluding tert-OH is 1. The van der Waals surface area contributed by atoms with E-state index in [0.717, 1.165) is 12.1 Å². The predicted octanol–water partition coefficient (Wildman–Crippen LogP) is 0.549. The maximum atomic E-state index is 8.72. The molecule has 0 bridgehead atoms. The molecular formula is C10H20N4O. The van der Waals surface area contributed by atoms with Gasteiger partial charge in [-0.15, -0.1) is 5.10 Å². The van der Waals surface area contributed by atoms with E-state index in [1.165, 1.54) is 0 Å². The van der Waals surface area contributed by atoms with Gasteiger partial charge in [0.1, 0.15) is 0 Å². The minimum Gasteiger partial charge on any atom is -0.394 e. The highest BCUT2D eigenvalue weighted by Crippen LogP contribution is 2.07. The Hall–Kier alpha value is -0.940. The van der Waals surface area contributed by atoms with Gasteiger partial charge in [-0.1, -0.05) is 12.1 Å². The predicted molar refractivity (Wildman–Crippen MR) is 58.3 cm³/mol. The molecule has 0 aliphatic heterocycles. The topological polar surface area (TPSA) is 63.0 Å². The molecule has 0 unspecified atom stereocenters. The summed E-state index contributed by atoms with van der Waals surface area (Å²) in [7, 11) is 0.